The molecule has 0 aromatic carbocycles. The predicted octanol–water partition coefficient (Wildman–Crippen LogP) is 6.80. The Kier molecular flexibility index (Phi) is 5.63. The molecule has 4 rings (SSSR count). The number of fused-ring (bicyclic) bond motifs is 1. The maximum Gasteiger partial charge on any atom is 0.144 e. The van der Waals surface area contributed by atoms with Crippen molar-refractivity contribution in [3.8, 4) is 11.4 Å². The molecule has 3 aromatic heterocycles. The Labute approximate surface area is 182 Å². The molecular weight excluding hydrogens is 385 g/mol. The van der Waals surface area contributed by atoms with Crippen LogP contribution in [0.3, 0.4) is 0 Å². The molecule has 0 spiro atoms. The van der Waals surface area contributed by atoms with Crippen LogP contribution in [0, 0.1) is 12.7 Å². The van der Waals surface area contributed by atoms with E-state index in [1.807, 2.05) is 47.0 Å². The molecule has 0 aliphatic heterocycles. The zero-order valence-electron chi connectivity index (χ0n) is 17.9. The van der Waals surface area contributed by atoms with E-state index in [1.165, 1.54) is 17.2 Å². The molecule has 154 valence electrons. The molecule has 3 aromatic rings. The van der Waals surface area contributed by atoms with Crippen molar-refractivity contribution in [1.29, 1.82) is 0 Å². The van der Waals surface area contributed by atoms with Crippen LogP contribution in [0.2, 0.25) is 0 Å². The SMILES string of the molecule is C=C(\C=C/C1=C\C=C\C=C(C)/C=C\1C)c1c(-c2ccc(F)c(C)n2)nc2ccccn12. The van der Waals surface area contributed by atoms with Gasteiger partial charge in [-0.3, -0.25) is 4.40 Å². The van der Waals surface area contributed by atoms with Gasteiger partial charge in [0.1, 0.15) is 17.2 Å². The first-order valence-corrected chi connectivity index (χ1v) is 10.2. The van der Waals surface area contributed by atoms with Crippen LogP contribution in [0.5, 0.6) is 0 Å². The lowest BCUT2D eigenvalue weighted by atomic mass is 10.0. The van der Waals surface area contributed by atoms with Gasteiger partial charge in [0.2, 0.25) is 0 Å². The highest BCUT2D eigenvalue weighted by atomic mass is 19.1. The molecule has 0 radical (unpaired) electrons. The Balaban J connectivity index is 1.78. The van der Waals surface area contributed by atoms with E-state index in [4.69, 9.17) is 4.98 Å². The number of halogens is 1. The van der Waals surface area contributed by atoms with E-state index in [-0.39, 0.29) is 5.82 Å². The van der Waals surface area contributed by atoms with E-state index < -0.39 is 0 Å². The van der Waals surface area contributed by atoms with Gasteiger partial charge in [-0.25, -0.2) is 14.4 Å². The molecule has 0 fully saturated rings. The summed E-state index contributed by atoms with van der Waals surface area (Å²) in [6, 6.07) is 8.92. The van der Waals surface area contributed by atoms with Crippen molar-refractivity contribution in [3.05, 3.63) is 120 Å². The van der Waals surface area contributed by atoms with Gasteiger partial charge in [-0.1, -0.05) is 60.8 Å². The molecule has 31 heavy (non-hydrogen) atoms. The van der Waals surface area contributed by atoms with Gasteiger partial charge >= 0.3 is 0 Å². The first-order valence-electron chi connectivity index (χ1n) is 10.2. The second-order valence-electron chi connectivity index (χ2n) is 7.61. The number of allylic oxidation sites excluding steroid dienone is 11. The molecule has 0 unspecified atom stereocenters. The Morgan fingerprint density at radius 2 is 1.84 bits per heavy atom. The van der Waals surface area contributed by atoms with Gasteiger partial charge in [-0.05, 0) is 61.8 Å². The first-order chi connectivity index (χ1) is 14.9. The number of hydrogen-bond donors (Lipinski definition) is 0. The van der Waals surface area contributed by atoms with Gasteiger partial charge in [0.15, 0.2) is 0 Å². The van der Waals surface area contributed by atoms with Crippen molar-refractivity contribution < 1.29 is 4.39 Å². The lowest BCUT2D eigenvalue weighted by Gasteiger charge is -2.08. The summed E-state index contributed by atoms with van der Waals surface area (Å²) in [7, 11) is 0. The third-order valence-corrected chi connectivity index (χ3v) is 5.21. The quantitative estimate of drug-likeness (QED) is 0.444. The summed E-state index contributed by atoms with van der Waals surface area (Å²) in [6.07, 6.45) is 16.4. The van der Waals surface area contributed by atoms with Crippen molar-refractivity contribution in [2.75, 3.05) is 0 Å². The average Bonchev–Trinajstić information content (AvgIpc) is 3.13. The molecule has 0 amide bonds. The first kappa shape index (κ1) is 20.5. The number of aromatic nitrogens is 3. The van der Waals surface area contributed by atoms with Gasteiger partial charge in [0, 0.05) is 6.20 Å². The van der Waals surface area contributed by atoms with Crippen molar-refractivity contribution in [2.45, 2.75) is 20.8 Å². The highest BCUT2D eigenvalue weighted by molar-refractivity contribution is 5.82. The minimum atomic E-state index is -0.330. The second-order valence-corrected chi connectivity index (χ2v) is 7.61. The number of pyridine rings is 2. The van der Waals surface area contributed by atoms with E-state index >= 15 is 0 Å². The minimum Gasteiger partial charge on any atom is -0.299 e. The Morgan fingerprint density at radius 1 is 1.03 bits per heavy atom. The second kappa shape index (κ2) is 8.52. The van der Waals surface area contributed by atoms with Crippen LogP contribution >= 0.6 is 0 Å². The van der Waals surface area contributed by atoms with Crippen molar-refractivity contribution >= 4 is 11.2 Å². The Hall–Kier alpha value is -3.79. The van der Waals surface area contributed by atoms with Crippen molar-refractivity contribution in [3.63, 3.8) is 0 Å². The lowest BCUT2D eigenvalue weighted by molar-refractivity contribution is 0.610. The van der Waals surface area contributed by atoms with Crippen molar-refractivity contribution in [2.24, 2.45) is 0 Å². The van der Waals surface area contributed by atoms with Crippen LogP contribution in [-0.4, -0.2) is 14.4 Å². The summed E-state index contributed by atoms with van der Waals surface area (Å²) in [6.45, 7) is 10.2. The Morgan fingerprint density at radius 3 is 2.65 bits per heavy atom. The number of nitrogens with zero attached hydrogens (tertiary/aromatic N) is 3. The van der Waals surface area contributed by atoms with Gasteiger partial charge < -0.3 is 0 Å². The van der Waals surface area contributed by atoms with Gasteiger partial charge in [0.05, 0.1) is 17.1 Å². The number of aryl methyl sites for hydroxylation is 1. The van der Waals surface area contributed by atoms with E-state index in [1.54, 1.807) is 13.0 Å². The van der Waals surface area contributed by atoms with Gasteiger partial charge in [-0.15, -0.1) is 0 Å². The molecule has 3 heterocycles. The smallest absolute Gasteiger partial charge is 0.144 e. The Bertz CT molecular complexity index is 1330. The fourth-order valence-electron chi connectivity index (χ4n) is 3.58. The third-order valence-electron chi connectivity index (χ3n) is 5.21. The van der Waals surface area contributed by atoms with Crippen LogP contribution in [0.1, 0.15) is 25.2 Å². The van der Waals surface area contributed by atoms with E-state index in [2.05, 4.69) is 49.7 Å². The normalized spacial score (nSPS) is 20.3. The van der Waals surface area contributed by atoms with Crippen LogP contribution < -0.4 is 0 Å². The zero-order valence-corrected chi connectivity index (χ0v) is 17.9. The predicted molar refractivity (Wildman–Crippen MR) is 126 cm³/mol. The third kappa shape index (κ3) is 4.24. The highest BCUT2D eigenvalue weighted by Crippen LogP contribution is 2.30. The number of imidazole rings is 1. The van der Waals surface area contributed by atoms with Crippen LogP contribution in [0.4, 0.5) is 4.39 Å². The summed E-state index contributed by atoms with van der Waals surface area (Å²) in [4.78, 5) is 9.18. The monoisotopic (exact) mass is 409 g/mol. The summed E-state index contributed by atoms with van der Waals surface area (Å²) in [5, 5.41) is 0. The van der Waals surface area contributed by atoms with Crippen LogP contribution in [0.25, 0.3) is 22.6 Å². The minimum absolute atomic E-state index is 0.330. The standard InChI is InChI=1S/C27H24FN3/c1-18-9-5-6-10-22(20(3)17-18)13-12-19(2)27-26(24-15-14-23(28)21(4)29-24)30-25-11-7-8-16-31(25)27/h5-17H,2H2,1,3-4H3/b6-5+,9-5?,10-6?,13-12-,18-9-,18-17?,20-17-,22-10+,22-20?. The summed E-state index contributed by atoms with van der Waals surface area (Å²) in [5.41, 5.74) is 7.56. The highest BCUT2D eigenvalue weighted by Gasteiger charge is 2.17. The number of hydrogen-bond acceptors (Lipinski definition) is 2. The maximum atomic E-state index is 13.8. The van der Waals surface area contributed by atoms with Crippen LogP contribution in [0.15, 0.2) is 102 Å². The lowest BCUT2D eigenvalue weighted by Crippen LogP contribution is -1.96. The summed E-state index contributed by atoms with van der Waals surface area (Å²) in [5.74, 6) is -0.330. The largest absolute Gasteiger partial charge is 0.299 e. The fraction of sp³-hybridized carbons (Fsp3) is 0.111. The van der Waals surface area contributed by atoms with E-state index in [9.17, 15) is 4.39 Å². The molecule has 0 saturated heterocycles. The maximum absolute atomic E-state index is 13.8. The van der Waals surface area contributed by atoms with E-state index in [0.29, 0.717) is 17.1 Å². The average molecular weight is 410 g/mol. The summed E-state index contributed by atoms with van der Waals surface area (Å²) >= 11 is 0. The fourth-order valence-corrected chi connectivity index (χ4v) is 3.58. The van der Waals surface area contributed by atoms with E-state index in [0.717, 1.165) is 22.5 Å². The molecule has 1 aliphatic carbocycles. The molecule has 3 nitrogen and oxygen atoms in total. The van der Waals surface area contributed by atoms with Gasteiger partial charge in [-0.2, -0.15) is 0 Å². The molecule has 1 aliphatic rings. The van der Waals surface area contributed by atoms with Crippen molar-refractivity contribution in [1.82, 2.24) is 14.4 Å². The molecule has 0 bridgehead atoms. The summed E-state index contributed by atoms with van der Waals surface area (Å²) < 4.78 is 15.8. The zero-order chi connectivity index (χ0) is 22.0. The molecule has 0 saturated carbocycles. The topological polar surface area (TPSA) is 30.2 Å². The molecule has 0 atom stereocenters. The molecule has 4 heteroatoms. The molecule has 0 N–H and O–H groups in total. The van der Waals surface area contributed by atoms with Gasteiger partial charge in [0.25, 0.3) is 0 Å². The van der Waals surface area contributed by atoms with Crippen LogP contribution in [-0.2, 0) is 0 Å². The molecular formula is C27H24FN3. The number of rotatable bonds is 4.